The Hall–Kier alpha value is -1.38. The van der Waals surface area contributed by atoms with Crippen molar-refractivity contribution in [3.63, 3.8) is 0 Å². The molecular formula is C18H26FIN4O. The first kappa shape index (κ1) is 19.9. The molecule has 0 unspecified atom stereocenters. The molecule has 0 bridgehead atoms. The summed E-state index contributed by atoms with van der Waals surface area (Å²) in [5.74, 6) is 0.392. The summed E-state index contributed by atoms with van der Waals surface area (Å²) in [7, 11) is 0. The number of benzene rings is 1. The van der Waals surface area contributed by atoms with Crippen LogP contribution in [0.15, 0.2) is 29.3 Å². The molecule has 0 radical (unpaired) electrons. The molecule has 0 atom stereocenters. The number of nitrogens with one attached hydrogen (secondary N) is 3. The van der Waals surface area contributed by atoms with Crippen LogP contribution in [0.2, 0.25) is 0 Å². The molecule has 1 amide bonds. The number of nitrogens with zero attached hydrogens (tertiary/aromatic N) is 1. The number of rotatable bonds is 7. The number of hydrogen-bond donors (Lipinski definition) is 3. The maximum atomic E-state index is 13.5. The zero-order valence-corrected chi connectivity index (χ0v) is 16.8. The SMILES string of the molecule is CCNC(=NCC(=O)NC1CC1)NCC1(c2cccc(F)c2)CC1.I. The maximum Gasteiger partial charge on any atom is 0.242 e. The first-order chi connectivity index (χ1) is 11.6. The van der Waals surface area contributed by atoms with Crippen molar-refractivity contribution in [1.82, 2.24) is 16.0 Å². The average Bonchev–Trinajstić information content (AvgIpc) is 3.46. The first-order valence-corrected chi connectivity index (χ1v) is 8.69. The number of hydrogen-bond acceptors (Lipinski definition) is 2. The van der Waals surface area contributed by atoms with Crippen LogP contribution in [0.1, 0.15) is 38.2 Å². The van der Waals surface area contributed by atoms with Crippen LogP contribution in [-0.4, -0.2) is 37.5 Å². The number of aliphatic imine (C=N–C) groups is 1. The third-order valence-electron chi connectivity index (χ3n) is 4.55. The van der Waals surface area contributed by atoms with Gasteiger partial charge in [-0.05, 0) is 50.3 Å². The Bertz CT molecular complexity index is 629. The molecule has 0 aliphatic heterocycles. The topological polar surface area (TPSA) is 65.5 Å². The molecular weight excluding hydrogens is 434 g/mol. The van der Waals surface area contributed by atoms with E-state index in [2.05, 4.69) is 20.9 Å². The van der Waals surface area contributed by atoms with E-state index >= 15 is 0 Å². The van der Waals surface area contributed by atoms with Gasteiger partial charge in [0.25, 0.3) is 0 Å². The maximum absolute atomic E-state index is 13.5. The molecule has 1 aromatic carbocycles. The van der Waals surface area contributed by atoms with Gasteiger partial charge in [0, 0.05) is 24.5 Å². The van der Waals surface area contributed by atoms with Gasteiger partial charge in [-0.15, -0.1) is 24.0 Å². The highest BCUT2D eigenvalue weighted by Crippen LogP contribution is 2.47. The summed E-state index contributed by atoms with van der Waals surface area (Å²) in [6, 6.07) is 7.17. The summed E-state index contributed by atoms with van der Waals surface area (Å²) in [6.07, 6.45) is 4.21. The highest BCUT2D eigenvalue weighted by molar-refractivity contribution is 14.0. The summed E-state index contributed by atoms with van der Waals surface area (Å²) < 4.78 is 13.5. The molecule has 5 nitrogen and oxygen atoms in total. The third-order valence-corrected chi connectivity index (χ3v) is 4.55. The summed E-state index contributed by atoms with van der Waals surface area (Å²) >= 11 is 0. The third kappa shape index (κ3) is 5.83. The predicted octanol–water partition coefficient (Wildman–Crippen LogP) is 2.31. The zero-order valence-electron chi connectivity index (χ0n) is 14.5. The summed E-state index contributed by atoms with van der Waals surface area (Å²) in [6.45, 7) is 3.52. The molecule has 3 N–H and O–H groups in total. The lowest BCUT2D eigenvalue weighted by Gasteiger charge is -2.19. The van der Waals surface area contributed by atoms with Crippen molar-refractivity contribution < 1.29 is 9.18 Å². The quantitative estimate of drug-likeness (QED) is 0.333. The minimum atomic E-state index is -0.198. The van der Waals surface area contributed by atoms with E-state index in [1.807, 2.05) is 13.0 Å². The van der Waals surface area contributed by atoms with E-state index in [9.17, 15) is 9.18 Å². The molecule has 2 aliphatic carbocycles. The van der Waals surface area contributed by atoms with E-state index in [1.54, 1.807) is 12.1 Å². The number of carbonyl (C=O) groups excluding carboxylic acids is 1. The molecule has 2 aliphatic rings. The van der Waals surface area contributed by atoms with Crippen molar-refractivity contribution in [3.05, 3.63) is 35.6 Å². The van der Waals surface area contributed by atoms with Crippen LogP contribution in [0.5, 0.6) is 0 Å². The highest BCUT2D eigenvalue weighted by Gasteiger charge is 2.44. The van der Waals surface area contributed by atoms with Gasteiger partial charge in [-0.3, -0.25) is 4.79 Å². The molecule has 0 aromatic heterocycles. The van der Waals surface area contributed by atoms with E-state index in [1.165, 1.54) is 6.07 Å². The van der Waals surface area contributed by atoms with E-state index < -0.39 is 0 Å². The van der Waals surface area contributed by atoms with Crippen LogP contribution in [0.4, 0.5) is 4.39 Å². The molecule has 0 spiro atoms. The van der Waals surface area contributed by atoms with E-state index in [0.717, 1.165) is 37.8 Å². The fourth-order valence-corrected chi connectivity index (χ4v) is 2.78. The van der Waals surface area contributed by atoms with Crippen LogP contribution >= 0.6 is 24.0 Å². The van der Waals surface area contributed by atoms with Gasteiger partial charge >= 0.3 is 0 Å². The van der Waals surface area contributed by atoms with Crippen molar-refractivity contribution in [2.75, 3.05) is 19.6 Å². The van der Waals surface area contributed by atoms with E-state index in [4.69, 9.17) is 0 Å². The molecule has 1 aromatic rings. The van der Waals surface area contributed by atoms with E-state index in [-0.39, 0.29) is 47.7 Å². The fourth-order valence-electron chi connectivity index (χ4n) is 2.78. The molecule has 25 heavy (non-hydrogen) atoms. The number of carbonyl (C=O) groups is 1. The van der Waals surface area contributed by atoms with Gasteiger partial charge in [-0.1, -0.05) is 12.1 Å². The van der Waals surface area contributed by atoms with Crippen molar-refractivity contribution in [1.29, 1.82) is 0 Å². The molecule has 0 saturated heterocycles. The Morgan fingerprint density at radius 3 is 2.68 bits per heavy atom. The van der Waals surface area contributed by atoms with Crippen LogP contribution < -0.4 is 16.0 Å². The van der Waals surface area contributed by atoms with Crippen LogP contribution in [0, 0.1) is 5.82 Å². The van der Waals surface area contributed by atoms with Crippen molar-refractivity contribution in [2.45, 2.75) is 44.1 Å². The number of guanidine groups is 1. The van der Waals surface area contributed by atoms with E-state index in [0.29, 0.717) is 18.5 Å². The van der Waals surface area contributed by atoms with Gasteiger partial charge in [-0.25, -0.2) is 9.38 Å². The predicted molar refractivity (Wildman–Crippen MR) is 108 cm³/mol. The second-order valence-electron chi connectivity index (χ2n) is 6.68. The molecule has 0 heterocycles. The smallest absolute Gasteiger partial charge is 0.242 e. The minimum Gasteiger partial charge on any atom is -0.357 e. The Morgan fingerprint density at radius 1 is 1.32 bits per heavy atom. The van der Waals surface area contributed by atoms with Crippen molar-refractivity contribution in [2.24, 2.45) is 4.99 Å². The van der Waals surface area contributed by atoms with Gasteiger partial charge in [0.1, 0.15) is 12.4 Å². The molecule has 2 saturated carbocycles. The normalized spacial score (nSPS) is 18.1. The van der Waals surface area contributed by atoms with Gasteiger partial charge in [0.15, 0.2) is 5.96 Å². The van der Waals surface area contributed by atoms with Crippen LogP contribution in [-0.2, 0) is 10.2 Å². The minimum absolute atomic E-state index is 0. The van der Waals surface area contributed by atoms with Gasteiger partial charge < -0.3 is 16.0 Å². The highest BCUT2D eigenvalue weighted by atomic mass is 127. The Balaban J connectivity index is 0.00000225. The molecule has 138 valence electrons. The fraction of sp³-hybridized carbons (Fsp3) is 0.556. The van der Waals surface area contributed by atoms with Gasteiger partial charge in [0.05, 0.1) is 0 Å². The van der Waals surface area contributed by atoms with Crippen molar-refractivity contribution in [3.8, 4) is 0 Å². The van der Waals surface area contributed by atoms with Crippen LogP contribution in [0.25, 0.3) is 0 Å². The Kier molecular flexibility index (Phi) is 7.04. The lowest BCUT2D eigenvalue weighted by molar-refractivity contribution is -0.119. The lowest BCUT2D eigenvalue weighted by Crippen LogP contribution is -2.42. The van der Waals surface area contributed by atoms with Gasteiger partial charge in [-0.2, -0.15) is 0 Å². The Morgan fingerprint density at radius 2 is 2.08 bits per heavy atom. The monoisotopic (exact) mass is 460 g/mol. The molecule has 3 rings (SSSR count). The Labute approximate surface area is 165 Å². The van der Waals surface area contributed by atoms with Crippen LogP contribution in [0.3, 0.4) is 0 Å². The number of amides is 1. The molecule has 7 heteroatoms. The lowest BCUT2D eigenvalue weighted by atomic mass is 9.96. The average molecular weight is 460 g/mol. The summed E-state index contributed by atoms with van der Waals surface area (Å²) in [4.78, 5) is 16.1. The van der Waals surface area contributed by atoms with Gasteiger partial charge in [0.2, 0.25) is 5.91 Å². The number of halogens is 2. The summed E-state index contributed by atoms with van der Waals surface area (Å²) in [5.41, 5.74) is 1.01. The summed E-state index contributed by atoms with van der Waals surface area (Å²) in [5, 5.41) is 9.38. The largest absolute Gasteiger partial charge is 0.357 e. The second kappa shape index (κ2) is 8.82. The van der Waals surface area contributed by atoms with Crippen molar-refractivity contribution >= 4 is 35.8 Å². The zero-order chi connectivity index (χ0) is 17.0. The second-order valence-corrected chi connectivity index (χ2v) is 6.68. The standard InChI is InChI=1S/C18H25FN4O.HI/c1-2-20-17(21-11-16(24)23-15-6-7-15)22-12-18(8-9-18)13-4-3-5-14(19)10-13;/h3-5,10,15H,2,6-9,11-12H2,1H3,(H,23,24)(H2,20,21,22);1H. The molecule has 2 fully saturated rings. The first-order valence-electron chi connectivity index (χ1n) is 8.69.